The van der Waals surface area contributed by atoms with Crippen LogP contribution in [0.2, 0.25) is 0 Å². The van der Waals surface area contributed by atoms with E-state index in [4.69, 9.17) is 0 Å². The van der Waals surface area contributed by atoms with E-state index in [-0.39, 0.29) is 23.7 Å². The molecule has 4 heteroatoms. The van der Waals surface area contributed by atoms with Crippen molar-refractivity contribution in [3.8, 4) is 5.75 Å². The van der Waals surface area contributed by atoms with Crippen molar-refractivity contribution >= 4 is 11.5 Å². The molecule has 1 aliphatic heterocycles. The van der Waals surface area contributed by atoms with E-state index in [1.165, 1.54) is 11.1 Å². The van der Waals surface area contributed by atoms with Gasteiger partial charge in [0.2, 0.25) is 0 Å². The van der Waals surface area contributed by atoms with E-state index in [9.17, 15) is 9.90 Å². The maximum absolute atomic E-state index is 13.0. The van der Waals surface area contributed by atoms with Gasteiger partial charge in [0, 0.05) is 17.6 Å². The average Bonchev–Trinajstić information content (AvgIpc) is 2.69. The molecule has 1 fully saturated rings. The molecule has 0 aromatic heterocycles. The van der Waals surface area contributed by atoms with Crippen molar-refractivity contribution in [1.82, 2.24) is 10.2 Å². The number of piperidine rings is 1. The van der Waals surface area contributed by atoms with Crippen molar-refractivity contribution in [3.05, 3.63) is 70.8 Å². The van der Waals surface area contributed by atoms with E-state index in [0.29, 0.717) is 5.56 Å². The summed E-state index contributed by atoms with van der Waals surface area (Å²) in [5, 5.41) is 13.4. The van der Waals surface area contributed by atoms with Crippen molar-refractivity contribution in [2.24, 2.45) is 0 Å². The van der Waals surface area contributed by atoms with Crippen LogP contribution in [0.1, 0.15) is 62.0 Å². The molecule has 29 heavy (non-hydrogen) atoms. The number of benzene rings is 2. The van der Waals surface area contributed by atoms with Crippen molar-refractivity contribution in [2.75, 3.05) is 13.1 Å². The normalized spacial score (nSPS) is 14.3. The number of phenols is 1. The Bertz CT molecular complexity index is 866. The summed E-state index contributed by atoms with van der Waals surface area (Å²) in [7, 11) is 0. The first-order valence-corrected chi connectivity index (χ1v) is 10.5. The summed E-state index contributed by atoms with van der Waals surface area (Å²) in [5.74, 6) is 0.334. The molecule has 0 unspecified atom stereocenters. The maximum atomic E-state index is 13.0. The zero-order valence-electron chi connectivity index (χ0n) is 17.9. The first-order chi connectivity index (χ1) is 13.9. The Balaban J connectivity index is 1.99. The molecular formula is C25H32N2O2. The van der Waals surface area contributed by atoms with Gasteiger partial charge in [-0.15, -0.1) is 0 Å². The third-order valence-electron chi connectivity index (χ3n) is 5.46. The fourth-order valence-electron chi connectivity index (χ4n) is 4.21. The zero-order valence-corrected chi connectivity index (χ0v) is 17.9. The third kappa shape index (κ3) is 4.88. The molecule has 0 atom stereocenters. The number of hydrogen-bond acceptors (Lipinski definition) is 3. The van der Waals surface area contributed by atoms with Gasteiger partial charge in [-0.1, -0.05) is 29.8 Å². The molecule has 2 N–H and O–H groups in total. The van der Waals surface area contributed by atoms with E-state index in [1.807, 2.05) is 75.1 Å². The van der Waals surface area contributed by atoms with Crippen molar-refractivity contribution in [1.29, 1.82) is 0 Å². The van der Waals surface area contributed by atoms with Crippen LogP contribution in [-0.2, 0) is 0 Å². The quantitative estimate of drug-likeness (QED) is 0.766. The molecule has 154 valence electrons. The second kappa shape index (κ2) is 9.27. The Hall–Kier alpha value is -2.59. The first-order valence-electron chi connectivity index (χ1n) is 10.5. The van der Waals surface area contributed by atoms with Gasteiger partial charge in [-0.25, -0.2) is 0 Å². The molecule has 1 saturated heterocycles. The molecule has 0 bridgehead atoms. The van der Waals surface area contributed by atoms with Crippen LogP contribution >= 0.6 is 0 Å². The van der Waals surface area contributed by atoms with Gasteiger partial charge in [0.15, 0.2) is 0 Å². The van der Waals surface area contributed by atoms with Crippen LogP contribution in [-0.4, -0.2) is 41.1 Å². The average molecular weight is 393 g/mol. The van der Waals surface area contributed by atoms with E-state index in [0.717, 1.165) is 37.1 Å². The van der Waals surface area contributed by atoms with Crippen LogP contribution in [0.25, 0.3) is 5.57 Å². The number of amides is 1. The number of carbonyl (C=O) groups excluding carboxylic acids is 1. The van der Waals surface area contributed by atoms with Crippen LogP contribution in [0.15, 0.2) is 54.1 Å². The van der Waals surface area contributed by atoms with Gasteiger partial charge in [-0.2, -0.15) is 0 Å². The van der Waals surface area contributed by atoms with Crippen molar-refractivity contribution in [3.63, 3.8) is 0 Å². The van der Waals surface area contributed by atoms with Gasteiger partial charge in [0.05, 0.1) is 0 Å². The Morgan fingerprint density at radius 2 is 1.48 bits per heavy atom. The number of phenolic OH excluding ortho intramolecular Hbond substituents is 1. The monoisotopic (exact) mass is 392 g/mol. The zero-order chi connectivity index (χ0) is 21.0. The highest BCUT2D eigenvalue weighted by Gasteiger charge is 2.22. The number of carbonyl (C=O) groups is 1. The van der Waals surface area contributed by atoms with Gasteiger partial charge >= 0.3 is 0 Å². The molecule has 3 rings (SSSR count). The van der Waals surface area contributed by atoms with Crippen LogP contribution in [0.3, 0.4) is 0 Å². The number of hydrogen-bond donors (Lipinski definition) is 2. The predicted octanol–water partition coefficient (Wildman–Crippen LogP) is 4.84. The molecule has 0 radical (unpaired) electrons. The molecule has 1 amide bonds. The lowest BCUT2D eigenvalue weighted by Crippen LogP contribution is -2.42. The Morgan fingerprint density at radius 1 is 0.897 bits per heavy atom. The molecular weight excluding hydrogens is 360 g/mol. The largest absolute Gasteiger partial charge is 0.508 e. The lowest BCUT2D eigenvalue weighted by molar-refractivity contribution is 0.0643. The Morgan fingerprint density at radius 3 is 2.03 bits per heavy atom. The molecule has 0 spiro atoms. The van der Waals surface area contributed by atoms with Gasteiger partial charge < -0.3 is 15.3 Å². The fourth-order valence-corrected chi connectivity index (χ4v) is 4.21. The molecule has 2 aromatic carbocycles. The van der Waals surface area contributed by atoms with Crippen molar-refractivity contribution in [2.45, 2.75) is 52.6 Å². The maximum Gasteiger partial charge on any atom is 0.254 e. The summed E-state index contributed by atoms with van der Waals surface area (Å²) in [6, 6.07) is 15.7. The lowest BCUT2D eigenvalue weighted by Gasteiger charge is -2.31. The minimum Gasteiger partial charge on any atom is -0.508 e. The third-order valence-corrected chi connectivity index (χ3v) is 5.46. The van der Waals surface area contributed by atoms with Gasteiger partial charge in [0.25, 0.3) is 5.91 Å². The van der Waals surface area contributed by atoms with E-state index >= 15 is 0 Å². The highest BCUT2D eigenvalue weighted by molar-refractivity contribution is 5.95. The molecule has 0 aliphatic carbocycles. The smallest absolute Gasteiger partial charge is 0.254 e. The second-order valence-corrected chi connectivity index (χ2v) is 8.26. The van der Waals surface area contributed by atoms with Gasteiger partial charge in [-0.05, 0) is 94.6 Å². The topological polar surface area (TPSA) is 52.6 Å². The summed E-state index contributed by atoms with van der Waals surface area (Å²) in [6.07, 6.45) is 1.97. The molecule has 1 heterocycles. The predicted molar refractivity (Wildman–Crippen MR) is 119 cm³/mol. The molecule has 2 aromatic rings. The van der Waals surface area contributed by atoms with E-state index < -0.39 is 0 Å². The van der Waals surface area contributed by atoms with E-state index in [2.05, 4.69) is 5.32 Å². The molecule has 4 nitrogen and oxygen atoms in total. The van der Waals surface area contributed by atoms with Crippen LogP contribution < -0.4 is 5.32 Å². The number of aromatic hydroxyl groups is 1. The highest BCUT2D eigenvalue weighted by Crippen LogP contribution is 2.33. The SMILES string of the molecule is CC(C)N(C(=O)c1ccc(C(=C2CCNCC2)c2cccc(O)c2)cc1)C(C)C. The summed E-state index contributed by atoms with van der Waals surface area (Å²) >= 11 is 0. The first kappa shape index (κ1) is 21.1. The van der Waals surface area contributed by atoms with Crippen LogP contribution in [0, 0.1) is 0 Å². The summed E-state index contributed by atoms with van der Waals surface area (Å²) < 4.78 is 0. The van der Waals surface area contributed by atoms with Crippen LogP contribution in [0.4, 0.5) is 0 Å². The molecule has 1 aliphatic rings. The lowest BCUT2D eigenvalue weighted by atomic mass is 9.88. The number of nitrogens with one attached hydrogen (secondary N) is 1. The standard InChI is InChI=1S/C25H32N2O2/c1-17(2)27(18(3)4)25(29)21-10-8-19(9-11-21)24(20-12-14-26-15-13-20)22-6-5-7-23(28)16-22/h5-11,16-18,26,28H,12-15H2,1-4H3. The van der Waals surface area contributed by atoms with Crippen molar-refractivity contribution < 1.29 is 9.90 Å². The number of rotatable bonds is 5. The minimum atomic E-state index is 0.0648. The fraction of sp³-hybridized carbons (Fsp3) is 0.400. The second-order valence-electron chi connectivity index (χ2n) is 8.26. The summed E-state index contributed by atoms with van der Waals surface area (Å²) in [6.45, 7) is 10.1. The summed E-state index contributed by atoms with van der Waals surface area (Å²) in [5.41, 5.74) is 5.38. The van der Waals surface area contributed by atoms with Gasteiger partial charge in [0.1, 0.15) is 5.75 Å². The van der Waals surface area contributed by atoms with Gasteiger partial charge in [-0.3, -0.25) is 4.79 Å². The summed E-state index contributed by atoms with van der Waals surface area (Å²) in [4.78, 5) is 14.9. The number of nitrogens with zero attached hydrogens (tertiary/aromatic N) is 1. The van der Waals surface area contributed by atoms with E-state index in [1.54, 1.807) is 6.07 Å². The Labute approximate surface area is 174 Å². The Kier molecular flexibility index (Phi) is 6.75. The highest BCUT2D eigenvalue weighted by atomic mass is 16.3. The minimum absolute atomic E-state index is 0.0648. The van der Waals surface area contributed by atoms with Crippen LogP contribution in [0.5, 0.6) is 5.75 Å². The molecule has 0 saturated carbocycles.